The van der Waals surface area contributed by atoms with Crippen molar-refractivity contribution in [2.45, 2.75) is 50.1 Å². The van der Waals surface area contributed by atoms with Crippen molar-refractivity contribution < 1.29 is 9.18 Å². The molecule has 0 radical (unpaired) electrons. The Kier molecular flexibility index (Phi) is 7.08. The highest BCUT2D eigenvalue weighted by Gasteiger charge is 2.25. The second kappa shape index (κ2) is 10.2. The molecule has 0 saturated carbocycles. The molecule has 0 saturated heterocycles. The highest BCUT2D eigenvalue weighted by molar-refractivity contribution is 7.98. The number of hydrogen-bond acceptors (Lipinski definition) is 4. The summed E-state index contributed by atoms with van der Waals surface area (Å²) in [6, 6.07) is 17.7. The summed E-state index contributed by atoms with van der Waals surface area (Å²) in [5, 5.41) is 3.77. The molecule has 4 aromatic rings. The Morgan fingerprint density at radius 2 is 1.82 bits per heavy atom. The minimum atomic E-state index is -0.467. The van der Waals surface area contributed by atoms with Crippen LogP contribution in [0.5, 0.6) is 0 Å². The molecule has 0 aliphatic rings. The first-order valence-corrected chi connectivity index (χ1v) is 12.1. The SMILES string of the molecule is CC[C@H](C(=O)Nc1ccc(C(C)C)cc1)n1c(SCc2ccc(F)cc2)nc2cccnc21. The highest BCUT2D eigenvalue weighted by Crippen LogP contribution is 2.31. The summed E-state index contributed by atoms with van der Waals surface area (Å²) in [5.74, 6) is 0.674. The normalized spacial score (nSPS) is 12.3. The van der Waals surface area contributed by atoms with E-state index in [4.69, 9.17) is 4.98 Å². The van der Waals surface area contributed by atoms with Crippen molar-refractivity contribution in [3.63, 3.8) is 0 Å². The second-order valence-electron chi connectivity index (χ2n) is 8.22. The standard InChI is InChI=1S/C26H27FN4OS/c1-4-23(25(32)29-21-13-9-19(10-14-21)17(2)3)31-24-22(6-5-15-28-24)30-26(31)33-16-18-7-11-20(27)12-8-18/h5-15,17,23H,4,16H2,1-3H3,(H,29,32)/t23-/m1/s1. The van der Waals surface area contributed by atoms with Crippen molar-refractivity contribution >= 4 is 34.5 Å². The average Bonchev–Trinajstić information content (AvgIpc) is 3.18. The first-order valence-electron chi connectivity index (χ1n) is 11.1. The zero-order chi connectivity index (χ0) is 23.4. The zero-order valence-electron chi connectivity index (χ0n) is 19.0. The summed E-state index contributed by atoms with van der Waals surface area (Å²) in [4.78, 5) is 22.6. The van der Waals surface area contributed by atoms with Gasteiger partial charge in [-0.3, -0.25) is 9.36 Å². The third-order valence-electron chi connectivity index (χ3n) is 5.54. The van der Waals surface area contributed by atoms with Gasteiger partial charge >= 0.3 is 0 Å². The third-order valence-corrected chi connectivity index (χ3v) is 6.57. The molecule has 0 bridgehead atoms. The molecule has 1 amide bonds. The van der Waals surface area contributed by atoms with Crippen LogP contribution in [0.25, 0.3) is 11.2 Å². The minimum absolute atomic E-state index is 0.108. The van der Waals surface area contributed by atoms with E-state index in [9.17, 15) is 9.18 Å². The van der Waals surface area contributed by atoms with Gasteiger partial charge in [0, 0.05) is 17.6 Å². The number of fused-ring (bicyclic) bond motifs is 1. The van der Waals surface area contributed by atoms with Crippen LogP contribution in [0.3, 0.4) is 0 Å². The Hall–Kier alpha value is -3.19. The molecule has 2 heterocycles. The van der Waals surface area contributed by atoms with Gasteiger partial charge in [0.15, 0.2) is 10.8 Å². The quantitative estimate of drug-likeness (QED) is 0.301. The summed E-state index contributed by atoms with van der Waals surface area (Å²) in [7, 11) is 0. The van der Waals surface area contributed by atoms with Crippen LogP contribution in [0.1, 0.15) is 50.3 Å². The Morgan fingerprint density at radius 1 is 1.09 bits per heavy atom. The van der Waals surface area contributed by atoms with Gasteiger partial charge in [-0.2, -0.15) is 0 Å². The molecule has 0 aliphatic heterocycles. The van der Waals surface area contributed by atoms with Crippen LogP contribution in [-0.2, 0) is 10.5 Å². The lowest BCUT2D eigenvalue weighted by atomic mass is 10.0. The number of anilines is 1. The summed E-state index contributed by atoms with van der Waals surface area (Å²) < 4.78 is 15.2. The lowest BCUT2D eigenvalue weighted by Gasteiger charge is -2.19. The van der Waals surface area contributed by atoms with Gasteiger partial charge in [0.25, 0.3) is 0 Å². The molecule has 0 fully saturated rings. The molecule has 7 heteroatoms. The Morgan fingerprint density at radius 3 is 2.48 bits per heavy atom. The number of hydrogen-bond donors (Lipinski definition) is 1. The summed E-state index contributed by atoms with van der Waals surface area (Å²) in [5.41, 5.74) is 4.39. The van der Waals surface area contributed by atoms with Gasteiger partial charge in [-0.05, 0) is 59.9 Å². The molecule has 0 unspecified atom stereocenters. The molecule has 2 aromatic heterocycles. The molecule has 5 nitrogen and oxygen atoms in total. The molecule has 33 heavy (non-hydrogen) atoms. The average molecular weight is 463 g/mol. The van der Waals surface area contributed by atoms with E-state index >= 15 is 0 Å². The number of carbonyl (C=O) groups excluding carboxylic acids is 1. The van der Waals surface area contributed by atoms with Crippen LogP contribution in [0.15, 0.2) is 72.0 Å². The maximum atomic E-state index is 13.3. The van der Waals surface area contributed by atoms with Crippen LogP contribution in [0, 0.1) is 5.82 Å². The number of aromatic nitrogens is 3. The van der Waals surface area contributed by atoms with E-state index in [2.05, 4.69) is 24.1 Å². The summed E-state index contributed by atoms with van der Waals surface area (Å²) >= 11 is 1.51. The summed E-state index contributed by atoms with van der Waals surface area (Å²) in [6.07, 6.45) is 2.30. The van der Waals surface area contributed by atoms with Crippen molar-refractivity contribution in [3.8, 4) is 0 Å². The van der Waals surface area contributed by atoms with Crippen molar-refractivity contribution in [1.82, 2.24) is 14.5 Å². The fourth-order valence-corrected chi connectivity index (χ4v) is 4.69. The summed E-state index contributed by atoms with van der Waals surface area (Å²) in [6.45, 7) is 6.27. The van der Waals surface area contributed by atoms with Gasteiger partial charge in [0.2, 0.25) is 5.91 Å². The number of halogens is 1. The van der Waals surface area contributed by atoms with E-state index in [0.29, 0.717) is 28.9 Å². The Bertz CT molecular complexity index is 1240. The number of nitrogens with one attached hydrogen (secondary N) is 1. The number of rotatable bonds is 8. The molecule has 0 aliphatic carbocycles. The highest BCUT2D eigenvalue weighted by atomic mass is 32.2. The largest absolute Gasteiger partial charge is 0.324 e. The molecule has 0 spiro atoms. The van der Waals surface area contributed by atoms with Gasteiger partial charge in [0.1, 0.15) is 17.4 Å². The van der Waals surface area contributed by atoms with Gasteiger partial charge in [0.05, 0.1) is 0 Å². The van der Waals surface area contributed by atoms with E-state index in [1.165, 1.54) is 29.5 Å². The number of amides is 1. The molecule has 4 rings (SSSR count). The Balaban J connectivity index is 1.61. The molecule has 1 atom stereocenters. The predicted octanol–water partition coefficient (Wildman–Crippen LogP) is 6.58. The number of pyridine rings is 1. The van der Waals surface area contributed by atoms with Crippen LogP contribution in [0.4, 0.5) is 10.1 Å². The first-order chi connectivity index (χ1) is 16.0. The second-order valence-corrected chi connectivity index (χ2v) is 9.16. The minimum Gasteiger partial charge on any atom is -0.324 e. The molecule has 2 aromatic carbocycles. The third kappa shape index (κ3) is 5.25. The van der Waals surface area contributed by atoms with Gasteiger partial charge < -0.3 is 5.32 Å². The van der Waals surface area contributed by atoms with Crippen molar-refractivity contribution in [2.75, 3.05) is 5.32 Å². The number of carbonyl (C=O) groups is 1. The fraction of sp³-hybridized carbons (Fsp3) is 0.269. The van der Waals surface area contributed by atoms with Crippen molar-refractivity contribution in [2.24, 2.45) is 0 Å². The zero-order valence-corrected chi connectivity index (χ0v) is 19.8. The van der Waals surface area contributed by atoms with Crippen LogP contribution in [-0.4, -0.2) is 20.4 Å². The van der Waals surface area contributed by atoms with E-state index < -0.39 is 6.04 Å². The first kappa shape index (κ1) is 23.0. The van der Waals surface area contributed by atoms with E-state index in [1.807, 2.05) is 47.9 Å². The van der Waals surface area contributed by atoms with Crippen LogP contribution >= 0.6 is 11.8 Å². The lowest BCUT2D eigenvalue weighted by Crippen LogP contribution is -2.26. The van der Waals surface area contributed by atoms with E-state index in [1.54, 1.807) is 18.3 Å². The lowest BCUT2D eigenvalue weighted by molar-refractivity contribution is -0.119. The fourth-order valence-electron chi connectivity index (χ4n) is 3.68. The maximum absolute atomic E-state index is 13.3. The number of imidazole rings is 1. The van der Waals surface area contributed by atoms with Gasteiger partial charge in [-0.25, -0.2) is 14.4 Å². The van der Waals surface area contributed by atoms with Crippen LogP contribution < -0.4 is 5.32 Å². The van der Waals surface area contributed by atoms with Crippen molar-refractivity contribution in [3.05, 3.63) is 83.8 Å². The molecule has 1 N–H and O–H groups in total. The maximum Gasteiger partial charge on any atom is 0.247 e. The van der Waals surface area contributed by atoms with Gasteiger partial charge in [-0.1, -0.05) is 56.8 Å². The number of benzene rings is 2. The topological polar surface area (TPSA) is 59.8 Å². The molecule has 170 valence electrons. The van der Waals surface area contributed by atoms with E-state index in [0.717, 1.165) is 16.8 Å². The number of nitrogens with zero attached hydrogens (tertiary/aromatic N) is 3. The Labute approximate surface area is 197 Å². The molecular formula is C26H27FN4OS. The smallest absolute Gasteiger partial charge is 0.247 e. The molecular weight excluding hydrogens is 435 g/mol. The van der Waals surface area contributed by atoms with Crippen molar-refractivity contribution in [1.29, 1.82) is 0 Å². The number of thioether (sulfide) groups is 1. The van der Waals surface area contributed by atoms with Crippen LogP contribution in [0.2, 0.25) is 0 Å². The predicted molar refractivity (Wildman–Crippen MR) is 132 cm³/mol. The van der Waals surface area contributed by atoms with Gasteiger partial charge in [-0.15, -0.1) is 0 Å². The monoisotopic (exact) mass is 462 g/mol. The van der Waals surface area contributed by atoms with E-state index in [-0.39, 0.29) is 11.7 Å².